The number of rotatable bonds is 6. The van der Waals surface area contributed by atoms with Crippen LogP contribution < -0.4 is 5.32 Å². The average Bonchev–Trinajstić information content (AvgIpc) is 3.18. The third-order valence-electron chi connectivity index (χ3n) is 4.50. The smallest absolute Gasteiger partial charge is 0.286 e. The number of hydrogen-bond acceptors (Lipinski definition) is 5. The minimum atomic E-state index is -0.152. The maximum atomic E-state index is 12.6. The van der Waals surface area contributed by atoms with Gasteiger partial charge in [0, 0.05) is 31.4 Å². The van der Waals surface area contributed by atoms with Crippen molar-refractivity contribution in [2.75, 3.05) is 25.2 Å². The molecule has 0 unspecified atom stereocenters. The number of thioether (sulfide) groups is 2. The molecule has 0 aliphatic heterocycles. The maximum absolute atomic E-state index is 12.6. The summed E-state index contributed by atoms with van der Waals surface area (Å²) in [6.45, 7) is 4.15. The number of benzene rings is 2. The van der Waals surface area contributed by atoms with Crippen LogP contribution in [0.1, 0.15) is 11.1 Å². The van der Waals surface area contributed by atoms with Crippen LogP contribution in [0, 0.1) is 13.8 Å². The fourth-order valence-electron chi connectivity index (χ4n) is 2.74. The van der Waals surface area contributed by atoms with Gasteiger partial charge < -0.3 is 10.2 Å². The number of nitrogens with zero attached hydrogens (tertiary/aromatic N) is 3. The predicted molar refractivity (Wildman–Crippen MR) is 124 cm³/mol. The summed E-state index contributed by atoms with van der Waals surface area (Å²) in [5.41, 5.74) is 4.06. The lowest BCUT2D eigenvalue weighted by atomic mass is 10.1. The Balaban J connectivity index is 1.68. The van der Waals surface area contributed by atoms with Crippen LogP contribution in [0.3, 0.4) is 0 Å². The number of aromatic nitrogens is 2. The van der Waals surface area contributed by atoms with Crippen LogP contribution in [-0.2, 0) is 4.79 Å². The quantitative estimate of drug-likeness (QED) is 0.547. The summed E-state index contributed by atoms with van der Waals surface area (Å²) in [6.07, 6.45) is 3.64. The second-order valence-corrected chi connectivity index (χ2v) is 8.83. The predicted octanol–water partition coefficient (Wildman–Crippen LogP) is 4.99. The fraction of sp³-hybridized carbons (Fsp3) is 0.227. The zero-order valence-electron chi connectivity index (χ0n) is 17.4. The number of imidazole rings is 1. The number of para-hydroxylation sites is 1. The first-order valence-electron chi connectivity index (χ1n) is 9.37. The fourth-order valence-corrected chi connectivity index (χ4v) is 4.25. The Morgan fingerprint density at radius 2 is 1.87 bits per heavy atom. The molecule has 0 spiro atoms. The number of anilines is 1. The standard InChI is InChI=1S/C22H24N4O2S2/c1-15-8-7-10-18(16(15)2)26-13-12-23-21(26)29-14-20(27)24-17-9-5-6-11-19(17)30-22(28)25(3)4/h5-13H,14H2,1-4H3,(H,24,27). The van der Waals surface area contributed by atoms with Gasteiger partial charge in [-0.05, 0) is 54.9 Å². The van der Waals surface area contributed by atoms with Gasteiger partial charge in [0.25, 0.3) is 5.24 Å². The number of carbonyl (C=O) groups is 2. The molecule has 0 saturated heterocycles. The minimum absolute atomic E-state index is 0.0957. The summed E-state index contributed by atoms with van der Waals surface area (Å²) in [7, 11) is 3.40. The highest BCUT2D eigenvalue weighted by Crippen LogP contribution is 2.29. The highest BCUT2D eigenvalue weighted by atomic mass is 32.2. The van der Waals surface area contributed by atoms with Gasteiger partial charge in [-0.1, -0.05) is 36.0 Å². The molecular weight excluding hydrogens is 416 g/mol. The summed E-state index contributed by atoms with van der Waals surface area (Å²) < 4.78 is 2.00. The van der Waals surface area contributed by atoms with Crippen LogP contribution in [0.15, 0.2) is 64.9 Å². The molecule has 3 rings (SSSR count). The zero-order valence-corrected chi connectivity index (χ0v) is 19.0. The molecule has 0 aliphatic rings. The summed E-state index contributed by atoms with van der Waals surface area (Å²) in [4.78, 5) is 31.2. The molecule has 0 saturated carbocycles. The van der Waals surface area contributed by atoms with Gasteiger partial charge in [-0.2, -0.15) is 0 Å². The Hall–Kier alpha value is -2.71. The number of hydrogen-bond donors (Lipinski definition) is 1. The second-order valence-electron chi connectivity index (χ2n) is 6.89. The molecular formula is C22H24N4O2S2. The molecule has 1 N–H and O–H groups in total. The summed E-state index contributed by atoms with van der Waals surface area (Å²) >= 11 is 2.46. The van der Waals surface area contributed by atoms with Gasteiger partial charge in [-0.15, -0.1) is 0 Å². The Morgan fingerprint density at radius 1 is 1.10 bits per heavy atom. The van der Waals surface area contributed by atoms with E-state index in [0.29, 0.717) is 10.6 Å². The van der Waals surface area contributed by atoms with Crippen LogP contribution in [0.5, 0.6) is 0 Å². The normalized spacial score (nSPS) is 10.7. The second kappa shape index (κ2) is 9.86. The largest absolute Gasteiger partial charge is 0.339 e. The lowest BCUT2D eigenvalue weighted by molar-refractivity contribution is -0.113. The third kappa shape index (κ3) is 5.25. The molecule has 156 valence electrons. The summed E-state index contributed by atoms with van der Waals surface area (Å²) in [5, 5.41) is 3.57. The lowest BCUT2D eigenvalue weighted by Gasteiger charge is -2.14. The molecule has 1 aromatic heterocycles. The van der Waals surface area contributed by atoms with Crippen molar-refractivity contribution < 1.29 is 9.59 Å². The molecule has 30 heavy (non-hydrogen) atoms. The number of amides is 2. The molecule has 1 heterocycles. The van der Waals surface area contributed by atoms with E-state index < -0.39 is 0 Å². The molecule has 0 radical (unpaired) electrons. The van der Waals surface area contributed by atoms with Gasteiger partial charge in [0.05, 0.1) is 17.1 Å². The SMILES string of the molecule is Cc1cccc(-n2ccnc2SCC(=O)Nc2ccccc2SC(=O)N(C)C)c1C. The van der Waals surface area contributed by atoms with Gasteiger partial charge in [0.15, 0.2) is 5.16 Å². The Kier molecular flexibility index (Phi) is 7.23. The van der Waals surface area contributed by atoms with Crippen molar-refractivity contribution in [3.8, 4) is 5.69 Å². The van der Waals surface area contributed by atoms with Crippen LogP contribution in [-0.4, -0.2) is 45.4 Å². The Bertz CT molecular complexity index is 1060. The molecule has 0 bridgehead atoms. The number of carbonyl (C=O) groups excluding carboxylic acids is 2. The molecule has 0 atom stereocenters. The molecule has 3 aromatic rings. The van der Waals surface area contributed by atoms with E-state index in [1.165, 1.54) is 27.8 Å². The van der Waals surface area contributed by atoms with Gasteiger partial charge in [0.1, 0.15) is 0 Å². The Labute approximate surface area is 185 Å². The molecule has 0 fully saturated rings. The van der Waals surface area contributed by atoms with Gasteiger partial charge in [-0.3, -0.25) is 14.2 Å². The van der Waals surface area contributed by atoms with Crippen LogP contribution in [0.4, 0.5) is 10.5 Å². The van der Waals surface area contributed by atoms with Crippen molar-refractivity contribution in [2.45, 2.75) is 23.9 Å². The zero-order chi connectivity index (χ0) is 21.7. The highest BCUT2D eigenvalue weighted by Gasteiger charge is 2.14. The third-order valence-corrected chi connectivity index (χ3v) is 6.58. The average molecular weight is 441 g/mol. The van der Waals surface area contributed by atoms with Crippen molar-refractivity contribution in [2.24, 2.45) is 0 Å². The van der Waals surface area contributed by atoms with Gasteiger partial charge in [-0.25, -0.2) is 4.98 Å². The van der Waals surface area contributed by atoms with Crippen LogP contribution in [0.25, 0.3) is 5.69 Å². The van der Waals surface area contributed by atoms with E-state index in [-0.39, 0.29) is 16.9 Å². The van der Waals surface area contributed by atoms with E-state index in [1.54, 1.807) is 26.4 Å². The summed E-state index contributed by atoms with van der Waals surface area (Å²) in [6, 6.07) is 13.4. The topological polar surface area (TPSA) is 67.2 Å². The van der Waals surface area contributed by atoms with Crippen molar-refractivity contribution in [1.82, 2.24) is 14.5 Å². The van der Waals surface area contributed by atoms with Gasteiger partial charge >= 0.3 is 0 Å². The van der Waals surface area contributed by atoms with E-state index in [0.717, 1.165) is 22.6 Å². The highest BCUT2D eigenvalue weighted by molar-refractivity contribution is 8.13. The first-order valence-corrected chi connectivity index (χ1v) is 11.2. The van der Waals surface area contributed by atoms with Crippen molar-refractivity contribution in [1.29, 1.82) is 0 Å². The van der Waals surface area contributed by atoms with Crippen molar-refractivity contribution >= 4 is 40.4 Å². The van der Waals surface area contributed by atoms with Crippen molar-refractivity contribution in [3.05, 3.63) is 66.0 Å². The summed E-state index contributed by atoms with van der Waals surface area (Å²) in [5.74, 6) is 0.0588. The van der Waals surface area contributed by atoms with E-state index in [4.69, 9.17) is 0 Å². The monoisotopic (exact) mass is 440 g/mol. The van der Waals surface area contributed by atoms with E-state index in [1.807, 2.05) is 41.1 Å². The molecule has 0 aliphatic carbocycles. The van der Waals surface area contributed by atoms with E-state index >= 15 is 0 Å². The van der Waals surface area contributed by atoms with E-state index in [2.05, 4.69) is 30.2 Å². The molecule has 2 amide bonds. The molecule has 2 aromatic carbocycles. The van der Waals surface area contributed by atoms with Crippen LogP contribution in [0.2, 0.25) is 0 Å². The minimum Gasteiger partial charge on any atom is -0.339 e. The first-order chi connectivity index (χ1) is 14.4. The maximum Gasteiger partial charge on any atom is 0.286 e. The number of nitrogens with one attached hydrogen (secondary N) is 1. The number of aryl methyl sites for hydroxylation is 1. The molecule has 6 nitrogen and oxygen atoms in total. The lowest BCUT2D eigenvalue weighted by Crippen LogP contribution is -2.18. The first kappa shape index (κ1) is 22.0. The van der Waals surface area contributed by atoms with Gasteiger partial charge in [0.2, 0.25) is 5.91 Å². The van der Waals surface area contributed by atoms with Crippen molar-refractivity contribution in [3.63, 3.8) is 0 Å². The van der Waals surface area contributed by atoms with E-state index in [9.17, 15) is 9.59 Å². The Morgan fingerprint density at radius 3 is 2.63 bits per heavy atom. The van der Waals surface area contributed by atoms with Crippen LogP contribution >= 0.6 is 23.5 Å². The molecule has 8 heteroatoms.